The normalized spacial score (nSPS) is 19.2. The molecule has 0 fully saturated rings. The number of nitrogens with zero attached hydrogens (tertiary/aromatic N) is 1. The first kappa shape index (κ1) is 24.8. The molecule has 182 valence electrons. The van der Waals surface area contributed by atoms with E-state index in [4.69, 9.17) is 29.4 Å². The van der Waals surface area contributed by atoms with E-state index in [9.17, 15) is 19.2 Å². The molecule has 2 aliphatic heterocycles. The van der Waals surface area contributed by atoms with Crippen molar-refractivity contribution in [3.8, 4) is 0 Å². The summed E-state index contributed by atoms with van der Waals surface area (Å²) in [7, 11) is 2.65. The van der Waals surface area contributed by atoms with Gasteiger partial charge in [-0.2, -0.15) is 0 Å². The number of benzene rings is 1. The van der Waals surface area contributed by atoms with E-state index in [0.717, 1.165) is 0 Å². The molecular weight excluding hydrogens is 448 g/mol. The molecule has 2 heterocycles. The fraction of sp³-hybridized carbons (Fsp3) is 0.391. The molecule has 2 aliphatic rings. The number of carbonyl (C=O) groups is 4. The summed E-state index contributed by atoms with van der Waals surface area (Å²) in [6.07, 6.45) is 0. The highest BCUT2D eigenvalue weighted by atomic mass is 16.6. The molecule has 34 heavy (non-hydrogen) atoms. The SMILES string of the molecule is CCOC(=O)C1=C(N)N(CC(=O)OC)c2ccccc2[C@]12C(=O)OC(C)=C2C(=O)OCCOC. The van der Waals surface area contributed by atoms with Crippen LogP contribution >= 0.6 is 0 Å². The van der Waals surface area contributed by atoms with Gasteiger partial charge < -0.3 is 34.3 Å². The predicted octanol–water partition coefficient (Wildman–Crippen LogP) is 0.671. The van der Waals surface area contributed by atoms with Crippen LogP contribution in [0.1, 0.15) is 19.4 Å². The molecule has 3 rings (SSSR count). The summed E-state index contributed by atoms with van der Waals surface area (Å²) in [6, 6.07) is 6.43. The van der Waals surface area contributed by atoms with Crippen molar-refractivity contribution in [1.82, 2.24) is 0 Å². The summed E-state index contributed by atoms with van der Waals surface area (Å²) in [6.45, 7) is 2.63. The van der Waals surface area contributed by atoms with Gasteiger partial charge in [-0.15, -0.1) is 0 Å². The average Bonchev–Trinajstić information content (AvgIpc) is 3.06. The Morgan fingerprint density at radius 1 is 1.06 bits per heavy atom. The smallest absolute Gasteiger partial charge is 0.339 e. The lowest BCUT2D eigenvalue weighted by Crippen LogP contribution is -2.51. The summed E-state index contributed by atoms with van der Waals surface area (Å²) >= 11 is 0. The van der Waals surface area contributed by atoms with Crippen molar-refractivity contribution in [3.63, 3.8) is 0 Å². The lowest BCUT2D eigenvalue weighted by Gasteiger charge is -2.40. The van der Waals surface area contributed by atoms with Gasteiger partial charge in [-0.25, -0.2) is 14.4 Å². The lowest BCUT2D eigenvalue weighted by atomic mass is 9.66. The zero-order chi connectivity index (χ0) is 25.0. The molecule has 2 N–H and O–H groups in total. The van der Waals surface area contributed by atoms with Gasteiger partial charge in [0.2, 0.25) is 0 Å². The number of hydrogen-bond donors (Lipinski definition) is 1. The van der Waals surface area contributed by atoms with E-state index in [1.807, 2.05) is 0 Å². The van der Waals surface area contributed by atoms with Gasteiger partial charge in [-0.05, 0) is 19.9 Å². The number of nitrogens with two attached hydrogens (primary N) is 1. The standard InChI is InChI=1S/C23H26N2O9/c1-5-32-21(28)18-19(24)25(12-16(26)31-4)15-9-7-6-8-14(15)23(18)17(13(2)34-22(23)29)20(27)33-11-10-30-3/h6-9H,5,10-12,24H2,1-4H3/t23-/m1/s1. The number of hydrogen-bond acceptors (Lipinski definition) is 11. The Bertz CT molecular complexity index is 1090. The Labute approximate surface area is 196 Å². The maximum atomic E-state index is 13.5. The minimum atomic E-state index is -2.06. The van der Waals surface area contributed by atoms with Crippen molar-refractivity contribution in [2.75, 3.05) is 45.5 Å². The number of ether oxygens (including phenoxy) is 5. The first-order chi connectivity index (χ1) is 16.2. The molecule has 1 aromatic rings. The van der Waals surface area contributed by atoms with Crippen LogP contribution in [0.2, 0.25) is 0 Å². The number of para-hydroxylation sites is 1. The number of carbonyl (C=O) groups excluding carboxylic acids is 4. The Morgan fingerprint density at radius 2 is 1.74 bits per heavy atom. The minimum Gasteiger partial charge on any atom is -0.468 e. The average molecular weight is 474 g/mol. The molecule has 0 bridgehead atoms. The molecule has 0 unspecified atom stereocenters. The molecule has 0 amide bonds. The highest BCUT2D eigenvalue weighted by Gasteiger charge is 2.63. The quantitative estimate of drug-likeness (QED) is 0.322. The minimum absolute atomic E-state index is 0.0320. The van der Waals surface area contributed by atoms with Gasteiger partial charge >= 0.3 is 23.9 Å². The van der Waals surface area contributed by atoms with Gasteiger partial charge in [0, 0.05) is 18.4 Å². The Hall–Kier alpha value is -3.86. The van der Waals surface area contributed by atoms with E-state index in [1.165, 1.54) is 26.0 Å². The molecule has 0 aliphatic carbocycles. The summed E-state index contributed by atoms with van der Waals surface area (Å²) in [5.74, 6) is -3.68. The Morgan fingerprint density at radius 3 is 2.38 bits per heavy atom. The molecule has 0 radical (unpaired) electrons. The van der Waals surface area contributed by atoms with Crippen molar-refractivity contribution in [3.05, 3.63) is 52.6 Å². The fourth-order valence-electron chi connectivity index (χ4n) is 4.13. The van der Waals surface area contributed by atoms with Crippen molar-refractivity contribution >= 4 is 29.6 Å². The number of esters is 4. The molecule has 1 aromatic carbocycles. The van der Waals surface area contributed by atoms with Gasteiger partial charge in [0.1, 0.15) is 35.9 Å². The topological polar surface area (TPSA) is 144 Å². The molecule has 1 atom stereocenters. The highest BCUT2D eigenvalue weighted by molar-refractivity contribution is 6.16. The molecule has 11 heteroatoms. The van der Waals surface area contributed by atoms with Gasteiger partial charge in [-0.3, -0.25) is 4.79 Å². The van der Waals surface area contributed by atoms with Crippen molar-refractivity contribution in [1.29, 1.82) is 0 Å². The van der Waals surface area contributed by atoms with Gasteiger partial charge in [0.25, 0.3) is 0 Å². The summed E-state index contributed by atoms with van der Waals surface area (Å²) in [4.78, 5) is 53.5. The lowest BCUT2D eigenvalue weighted by molar-refractivity contribution is -0.147. The summed E-state index contributed by atoms with van der Waals surface area (Å²) in [5.41, 5.74) is 4.32. The number of cyclic esters (lactones) is 1. The monoisotopic (exact) mass is 474 g/mol. The second-order valence-electron chi connectivity index (χ2n) is 7.36. The van der Waals surface area contributed by atoms with E-state index in [2.05, 4.69) is 0 Å². The van der Waals surface area contributed by atoms with Crippen LogP contribution in [0.4, 0.5) is 5.69 Å². The molecule has 0 saturated heterocycles. The first-order valence-corrected chi connectivity index (χ1v) is 10.5. The molecule has 11 nitrogen and oxygen atoms in total. The van der Waals surface area contributed by atoms with Crippen LogP contribution in [0.25, 0.3) is 0 Å². The molecule has 1 spiro atoms. The van der Waals surface area contributed by atoms with Crippen LogP contribution in [0.3, 0.4) is 0 Å². The van der Waals surface area contributed by atoms with Crippen LogP contribution in [-0.4, -0.2) is 64.5 Å². The van der Waals surface area contributed by atoms with Crippen LogP contribution in [0.15, 0.2) is 47.0 Å². The second-order valence-corrected chi connectivity index (χ2v) is 7.36. The fourth-order valence-corrected chi connectivity index (χ4v) is 4.13. The van der Waals surface area contributed by atoms with E-state index in [0.29, 0.717) is 5.69 Å². The van der Waals surface area contributed by atoms with E-state index in [1.54, 1.807) is 31.2 Å². The van der Waals surface area contributed by atoms with E-state index in [-0.39, 0.29) is 54.7 Å². The predicted molar refractivity (Wildman–Crippen MR) is 117 cm³/mol. The summed E-state index contributed by atoms with van der Waals surface area (Å²) < 4.78 is 25.6. The van der Waals surface area contributed by atoms with E-state index >= 15 is 0 Å². The van der Waals surface area contributed by atoms with Gasteiger partial charge in [0.05, 0.1) is 20.3 Å². The number of rotatable bonds is 8. The van der Waals surface area contributed by atoms with Gasteiger partial charge in [-0.1, -0.05) is 18.2 Å². The van der Waals surface area contributed by atoms with Crippen LogP contribution in [-0.2, 0) is 48.3 Å². The Kier molecular flexibility index (Phi) is 7.26. The largest absolute Gasteiger partial charge is 0.468 e. The maximum Gasteiger partial charge on any atom is 0.339 e. The number of anilines is 1. The Balaban J connectivity index is 2.34. The highest BCUT2D eigenvalue weighted by Crippen LogP contribution is 2.54. The van der Waals surface area contributed by atoms with Crippen LogP contribution in [0, 0.1) is 0 Å². The van der Waals surface area contributed by atoms with Crippen molar-refractivity contribution in [2.24, 2.45) is 5.73 Å². The zero-order valence-electron chi connectivity index (χ0n) is 19.3. The molecular formula is C23H26N2O9. The van der Waals surface area contributed by atoms with Crippen molar-refractivity contribution < 1.29 is 42.9 Å². The maximum absolute atomic E-state index is 13.5. The zero-order valence-corrected chi connectivity index (χ0v) is 19.3. The number of allylic oxidation sites excluding steroid dienone is 1. The number of fused-ring (bicyclic) bond motifs is 2. The van der Waals surface area contributed by atoms with Gasteiger partial charge in [0.15, 0.2) is 5.41 Å². The summed E-state index contributed by atoms with van der Waals surface area (Å²) in [5, 5.41) is 0. The molecule has 0 saturated carbocycles. The first-order valence-electron chi connectivity index (χ1n) is 10.5. The van der Waals surface area contributed by atoms with Crippen molar-refractivity contribution in [2.45, 2.75) is 19.3 Å². The third-order valence-electron chi connectivity index (χ3n) is 5.52. The van der Waals surface area contributed by atoms with Crippen LogP contribution < -0.4 is 10.6 Å². The third kappa shape index (κ3) is 3.87. The third-order valence-corrected chi connectivity index (χ3v) is 5.52. The van der Waals surface area contributed by atoms with E-state index < -0.39 is 29.3 Å². The van der Waals surface area contributed by atoms with Crippen LogP contribution in [0.5, 0.6) is 0 Å². The number of methoxy groups -OCH3 is 2. The molecule has 0 aromatic heterocycles. The second kappa shape index (κ2) is 9.96.